The van der Waals surface area contributed by atoms with Crippen LogP contribution in [0.1, 0.15) is 58.2 Å². The third-order valence-corrected chi connectivity index (χ3v) is 4.05. The number of rotatable bonds is 7. The molecule has 24 heavy (non-hydrogen) atoms. The Morgan fingerprint density at radius 2 is 1.62 bits per heavy atom. The summed E-state index contributed by atoms with van der Waals surface area (Å²) >= 11 is 0. The van der Waals surface area contributed by atoms with Crippen molar-refractivity contribution < 1.29 is 14.3 Å². The molecule has 0 bridgehead atoms. The van der Waals surface area contributed by atoms with E-state index in [9.17, 15) is 9.59 Å². The van der Waals surface area contributed by atoms with Gasteiger partial charge in [-0.05, 0) is 39.2 Å². The molecule has 0 aromatic heterocycles. The number of amides is 2. The highest BCUT2D eigenvalue weighted by molar-refractivity contribution is 5.86. The number of nitrogens with one attached hydrogen (secondary N) is 2. The molecule has 1 aromatic rings. The summed E-state index contributed by atoms with van der Waals surface area (Å²) in [6.07, 6.45) is -0.00977. The summed E-state index contributed by atoms with van der Waals surface area (Å²) in [7, 11) is 0. The Labute approximate surface area is 145 Å². The lowest BCUT2D eigenvalue weighted by atomic mass is 9.97. The van der Waals surface area contributed by atoms with E-state index < -0.39 is 12.1 Å². The van der Waals surface area contributed by atoms with Gasteiger partial charge in [-0.2, -0.15) is 0 Å². The van der Waals surface area contributed by atoms with Crippen LogP contribution < -0.4 is 10.6 Å². The van der Waals surface area contributed by atoms with Gasteiger partial charge in [-0.25, -0.2) is 4.79 Å². The SMILES string of the molecule is CCC(C)[C@@H](NC(=O)OC(C)C)C(=O)NC(C)c1ccc(C)cc1. The van der Waals surface area contributed by atoms with Crippen molar-refractivity contribution >= 4 is 12.0 Å². The van der Waals surface area contributed by atoms with Crippen molar-refractivity contribution in [2.24, 2.45) is 5.92 Å². The van der Waals surface area contributed by atoms with Crippen LogP contribution in [0.5, 0.6) is 0 Å². The molecule has 2 amide bonds. The van der Waals surface area contributed by atoms with E-state index in [-0.39, 0.29) is 24.0 Å². The van der Waals surface area contributed by atoms with Crippen LogP contribution in [0.2, 0.25) is 0 Å². The van der Waals surface area contributed by atoms with Crippen molar-refractivity contribution in [1.29, 1.82) is 0 Å². The van der Waals surface area contributed by atoms with Crippen molar-refractivity contribution in [3.8, 4) is 0 Å². The largest absolute Gasteiger partial charge is 0.447 e. The zero-order chi connectivity index (χ0) is 18.3. The molecule has 134 valence electrons. The molecule has 1 rings (SSSR count). The molecular weight excluding hydrogens is 304 g/mol. The summed E-state index contributed by atoms with van der Waals surface area (Å²) in [5.74, 6) is -0.187. The topological polar surface area (TPSA) is 67.4 Å². The Bertz CT molecular complexity index is 540. The Morgan fingerprint density at radius 3 is 2.12 bits per heavy atom. The van der Waals surface area contributed by atoms with Gasteiger partial charge in [-0.1, -0.05) is 50.1 Å². The highest BCUT2D eigenvalue weighted by Gasteiger charge is 2.27. The maximum atomic E-state index is 12.6. The van der Waals surface area contributed by atoms with E-state index in [0.717, 1.165) is 12.0 Å². The Hall–Kier alpha value is -2.04. The highest BCUT2D eigenvalue weighted by atomic mass is 16.6. The van der Waals surface area contributed by atoms with Crippen molar-refractivity contribution in [1.82, 2.24) is 10.6 Å². The minimum Gasteiger partial charge on any atom is -0.447 e. The van der Waals surface area contributed by atoms with Crippen molar-refractivity contribution in [3.63, 3.8) is 0 Å². The molecule has 0 aliphatic rings. The fraction of sp³-hybridized carbons (Fsp3) is 0.579. The van der Waals surface area contributed by atoms with Crippen LogP contribution in [0.25, 0.3) is 0 Å². The molecular formula is C19H30N2O3. The van der Waals surface area contributed by atoms with E-state index in [4.69, 9.17) is 4.74 Å². The first kappa shape index (κ1) is 20.0. The first-order valence-electron chi connectivity index (χ1n) is 8.58. The van der Waals surface area contributed by atoms with Crippen LogP contribution >= 0.6 is 0 Å². The molecule has 2 unspecified atom stereocenters. The van der Waals surface area contributed by atoms with Crippen molar-refractivity contribution in [2.45, 2.75) is 66.2 Å². The first-order chi connectivity index (χ1) is 11.2. The molecule has 0 aliphatic heterocycles. The minimum atomic E-state index is -0.617. The lowest BCUT2D eigenvalue weighted by Crippen LogP contribution is -2.51. The second-order valence-electron chi connectivity index (χ2n) is 6.60. The van der Waals surface area contributed by atoms with Crippen LogP contribution in [0.4, 0.5) is 4.79 Å². The van der Waals surface area contributed by atoms with Gasteiger partial charge >= 0.3 is 6.09 Å². The van der Waals surface area contributed by atoms with E-state index in [2.05, 4.69) is 10.6 Å². The highest BCUT2D eigenvalue weighted by Crippen LogP contribution is 2.15. The number of alkyl carbamates (subject to hydrolysis) is 1. The molecule has 3 atom stereocenters. The smallest absolute Gasteiger partial charge is 0.408 e. The lowest BCUT2D eigenvalue weighted by molar-refractivity contribution is -0.125. The average molecular weight is 334 g/mol. The fourth-order valence-corrected chi connectivity index (χ4v) is 2.32. The number of aryl methyl sites for hydroxylation is 1. The third kappa shape index (κ3) is 6.22. The zero-order valence-corrected chi connectivity index (χ0v) is 15.6. The zero-order valence-electron chi connectivity index (χ0n) is 15.6. The number of carbonyl (C=O) groups is 2. The molecule has 1 aromatic carbocycles. The van der Waals surface area contributed by atoms with E-state index in [1.807, 2.05) is 52.0 Å². The van der Waals surface area contributed by atoms with Gasteiger partial charge in [0.1, 0.15) is 6.04 Å². The maximum Gasteiger partial charge on any atom is 0.408 e. The molecule has 5 heteroatoms. The fourth-order valence-electron chi connectivity index (χ4n) is 2.32. The Morgan fingerprint density at radius 1 is 1.04 bits per heavy atom. The molecule has 0 heterocycles. The third-order valence-electron chi connectivity index (χ3n) is 4.05. The van der Waals surface area contributed by atoms with Gasteiger partial charge in [0.25, 0.3) is 0 Å². The normalized spacial score (nSPS) is 14.6. The van der Waals surface area contributed by atoms with Gasteiger partial charge in [0.15, 0.2) is 0 Å². The summed E-state index contributed by atoms with van der Waals surface area (Å²) in [6.45, 7) is 11.4. The predicted octanol–water partition coefficient (Wildman–Crippen LogP) is 3.72. The number of carbonyl (C=O) groups excluding carboxylic acids is 2. The number of hydrogen-bond donors (Lipinski definition) is 2. The van der Waals surface area contributed by atoms with Crippen LogP contribution in [-0.4, -0.2) is 24.1 Å². The predicted molar refractivity (Wildman–Crippen MR) is 95.7 cm³/mol. The Kier molecular flexibility index (Phi) is 7.75. The maximum absolute atomic E-state index is 12.6. The van der Waals surface area contributed by atoms with E-state index in [0.29, 0.717) is 0 Å². The van der Waals surface area contributed by atoms with E-state index in [1.54, 1.807) is 13.8 Å². The minimum absolute atomic E-state index is 0.00919. The average Bonchev–Trinajstić information content (AvgIpc) is 2.51. The number of benzene rings is 1. The molecule has 0 fully saturated rings. The number of ether oxygens (including phenoxy) is 1. The van der Waals surface area contributed by atoms with E-state index >= 15 is 0 Å². The number of hydrogen-bond acceptors (Lipinski definition) is 3. The molecule has 0 saturated carbocycles. The second-order valence-corrected chi connectivity index (χ2v) is 6.60. The van der Waals surface area contributed by atoms with Crippen LogP contribution in [-0.2, 0) is 9.53 Å². The summed E-state index contributed by atoms with van der Waals surface area (Å²) in [6, 6.07) is 7.28. The second kappa shape index (κ2) is 9.30. The molecule has 5 nitrogen and oxygen atoms in total. The monoisotopic (exact) mass is 334 g/mol. The standard InChI is InChI=1S/C19H30N2O3/c1-7-14(5)17(21-19(23)24-12(2)3)18(22)20-15(6)16-10-8-13(4)9-11-16/h8-12,14-15,17H,7H2,1-6H3,(H,20,22)(H,21,23)/t14?,15?,17-/m1/s1. The van der Waals surface area contributed by atoms with Gasteiger partial charge in [0.05, 0.1) is 12.1 Å². The molecule has 0 saturated heterocycles. The van der Waals surface area contributed by atoms with Crippen molar-refractivity contribution in [3.05, 3.63) is 35.4 Å². The van der Waals surface area contributed by atoms with Crippen LogP contribution in [0, 0.1) is 12.8 Å². The van der Waals surface area contributed by atoms with Crippen LogP contribution in [0.15, 0.2) is 24.3 Å². The van der Waals surface area contributed by atoms with Gasteiger partial charge in [-0.3, -0.25) is 4.79 Å². The first-order valence-corrected chi connectivity index (χ1v) is 8.58. The van der Waals surface area contributed by atoms with Gasteiger partial charge in [0.2, 0.25) is 5.91 Å². The van der Waals surface area contributed by atoms with Gasteiger partial charge < -0.3 is 15.4 Å². The summed E-state index contributed by atoms with van der Waals surface area (Å²) in [5.41, 5.74) is 2.20. The quantitative estimate of drug-likeness (QED) is 0.798. The summed E-state index contributed by atoms with van der Waals surface area (Å²) < 4.78 is 5.10. The Balaban J connectivity index is 2.76. The molecule has 0 spiro atoms. The van der Waals surface area contributed by atoms with Gasteiger partial charge in [-0.15, -0.1) is 0 Å². The summed E-state index contributed by atoms with van der Waals surface area (Å²) in [5, 5.41) is 5.67. The summed E-state index contributed by atoms with van der Waals surface area (Å²) in [4.78, 5) is 24.5. The van der Waals surface area contributed by atoms with Crippen LogP contribution in [0.3, 0.4) is 0 Å². The molecule has 0 radical (unpaired) electrons. The van der Waals surface area contributed by atoms with Crippen molar-refractivity contribution in [2.75, 3.05) is 0 Å². The van der Waals surface area contributed by atoms with Gasteiger partial charge in [0, 0.05) is 0 Å². The van der Waals surface area contributed by atoms with E-state index in [1.165, 1.54) is 5.56 Å². The molecule has 2 N–H and O–H groups in total. The molecule has 0 aliphatic carbocycles. The lowest BCUT2D eigenvalue weighted by Gasteiger charge is -2.25.